The molecule has 12 heavy (non-hydrogen) atoms. The summed E-state index contributed by atoms with van der Waals surface area (Å²) in [6, 6.07) is 1.94. The van der Waals surface area contributed by atoms with Crippen molar-refractivity contribution in [3.63, 3.8) is 0 Å². The minimum Gasteiger partial charge on any atom is -0.297 e. The van der Waals surface area contributed by atoms with Gasteiger partial charge in [-0.3, -0.25) is 4.90 Å². The zero-order chi connectivity index (χ0) is 8.13. The number of nitrogens with zero attached hydrogens (tertiary/aromatic N) is 1. The Hall–Kier alpha value is -0.0400. The fourth-order valence-electron chi connectivity index (χ4n) is 4.08. The summed E-state index contributed by atoms with van der Waals surface area (Å²) >= 11 is 0. The molecule has 0 aromatic carbocycles. The van der Waals surface area contributed by atoms with Crippen molar-refractivity contribution in [2.45, 2.75) is 51.1 Å². The average Bonchev–Trinajstić information content (AvgIpc) is 2.61. The first kappa shape index (κ1) is 7.37. The molecule has 1 aliphatic carbocycles. The summed E-state index contributed by atoms with van der Waals surface area (Å²) in [7, 11) is 0. The highest BCUT2D eigenvalue weighted by atomic mass is 15.2. The van der Waals surface area contributed by atoms with E-state index in [1.807, 2.05) is 0 Å². The van der Waals surface area contributed by atoms with Gasteiger partial charge < -0.3 is 0 Å². The minimum absolute atomic E-state index is 0.929. The molecule has 1 heteroatoms. The molecule has 68 valence electrons. The van der Waals surface area contributed by atoms with Crippen LogP contribution in [-0.2, 0) is 0 Å². The number of hydrogen-bond acceptors (Lipinski definition) is 1. The van der Waals surface area contributed by atoms with Crippen LogP contribution >= 0.6 is 0 Å². The highest BCUT2D eigenvalue weighted by Gasteiger charge is 2.50. The Bertz CT molecular complexity index is 169. The highest BCUT2D eigenvalue weighted by molar-refractivity contribution is 5.04. The van der Waals surface area contributed by atoms with Gasteiger partial charge in [0.15, 0.2) is 0 Å². The molecule has 0 amide bonds. The summed E-state index contributed by atoms with van der Waals surface area (Å²) < 4.78 is 0. The highest BCUT2D eigenvalue weighted by Crippen LogP contribution is 2.49. The summed E-state index contributed by atoms with van der Waals surface area (Å²) in [6.45, 7) is 3.86. The molecule has 0 radical (unpaired) electrons. The summed E-state index contributed by atoms with van der Waals surface area (Å²) in [6.07, 6.45) is 7.55. The third-order valence-corrected chi connectivity index (χ3v) is 4.62. The Labute approximate surface area is 75.1 Å². The standard InChI is InChI=1S/C11H19N/c1-8-9-6-7-12(8)11-5-3-2-4-10(9)11/h8-11H,2-7H2,1H3. The molecular weight excluding hydrogens is 146 g/mol. The van der Waals surface area contributed by atoms with Crippen LogP contribution in [0.1, 0.15) is 39.0 Å². The Balaban J connectivity index is 1.88. The van der Waals surface area contributed by atoms with Crippen LogP contribution in [0.4, 0.5) is 0 Å². The van der Waals surface area contributed by atoms with Gasteiger partial charge in [-0.05, 0) is 44.6 Å². The van der Waals surface area contributed by atoms with Gasteiger partial charge in [-0.25, -0.2) is 0 Å². The smallest absolute Gasteiger partial charge is 0.0130 e. The predicted molar refractivity (Wildman–Crippen MR) is 50.0 cm³/mol. The third kappa shape index (κ3) is 0.783. The molecule has 3 rings (SSSR count). The number of rotatable bonds is 0. The second kappa shape index (κ2) is 2.47. The van der Waals surface area contributed by atoms with E-state index in [9.17, 15) is 0 Å². The summed E-state index contributed by atoms with van der Waals surface area (Å²) in [5.41, 5.74) is 0. The van der Waals surface area contributed by atoms with Gasteiger partial charge in [0.25, 0.3) is 0 Å². The molecule has 3 fully saturated rings. The van der Waals surface area contributed by atoms with Crippen LogP contribution in [-0.4, -0.2) is 23.5 Å². The van der Waals surface area contributed by atoms with Crippen LogP contribution in [0.2, 0.25) is 0 Å². The maximum atomic E-state index is 2.80. The van der Waals surface area contributed by atoms with Crippen molar-refractivity contribution in [2.24, 2.45) is 11.8 Å². The molecule has 2 aliphatic heterocycles. The molecule has 5 atom stereocenters. The fourth-order valence-corrected chi connectivity index (χ4v) is 4.08. The molecule has 2 heterocycles. The molecule has 0 aromatic heterocycles. The summed E-state index contributed by atoms with van der Waals surface area (Å²) in [5.74, 6) is 2.18. The van der Waals surface area contributed by atoms with E-state index in [-0.39, 0.29) is 0 Å². The van der Waals surface area contributed by atoms with Crippen LogP contribution in [0.15, 0.2) is 0 Å². The molecule has 2 bridgehead atoms. The Morgan fingerprint density at radius 2 is 1.83 bits per heavy atom. The molecule has 0 aromatic rings. The lowest BCUT2D eigenvalue weighted by molar-refractivity contribution is 0.142. The topological polar surface area (TPSA) is 3.24 Å². The lowest BCUT2D eigenvalue weighted by atomic mass is 9.76. The lowest BCUT2D eigenvalue weighted by Crippen LogP contribution is -2.38. The molecule has 0 spiro atoms. The molecule has 2 saturated heterocycles. The van der Waals surface area contributed by atoms with Crippen molar-refractivity contribution < 1.29 is 0 Å². The summed E-state index contributed by atoms with van der Waals surface area (Å²) in [5, 5.41) is 0. The van der Waals surface area contributed by atoms with E-state index in [1.54, 1.807) is 0 Å². The van der Waals surface area contributed by atoms with Crippen molar-refractivity contribution in [1.82, 2.24) is 4.90 Å². The Kier molecular flexibility index (Phi) is 1.52. The van der Waals surface area contributed by atoms with E-state index in [0.29, 0.717) is 0 Å². The van der Waals surface area contributed by atoms with E-state index < -0.39 is 0 Å². The maximum Gasteiger partial charge on any atom is 0.0130 e. The van der Waals surface area contributed by atoms with E-state index in [2.05, 4.69) is 11.8 Å². The minimum atomic E-state index is 0.929. The second-order valence-corrected chi connectivity index (χ2v) is 4.95. The van der Waals surface area contributed by atoms with E-state index in [1.165, 1.54) is 38.6 Å². The first-order valence-corrected chi connectivity index (χ1v) is 5.63. The van der Waals surface area contributed by atoms with E-state index in [0.717, 1.165) is 23.9 Å². The zero-order valence-corrected chi connectivity index (χ0v) is 8.00. The zero-order valence-electron chi connectivity index (χ0n) is 8.00. The SMILES string of the molecule is CC1C2CCN1C1CCCCC21. The van der Waals surface area contributed by atoms with Crippen molar-refractivity contribution >= 4 is 0 Å². The molecule has 1 saturated carbocycles. The molecule has 5 unspecified atom stereocenters. The fraction of sp³-hybridized carbons (Fsp3) is 1.00. The molecule has 0 N–H and O–H groups in total. The third-order valence-electron chi connectivity index (χ3n) is 4.62. The van der Waals surface area contributed by atoms with Crippen molar-refractivity contribution in [1.29, 1.82) is 0 Å². The van der Waals surface area contributed by atoms with Gasteiger partial charge in [0.1, 0.15) is 0 Å². The van der Waals surface area contributed by atoms with Crippen LogP contribution in [0, 0.1) is 11.8 Å². The van der Waals surface area contributed by atoms with Crippen molar-refractivity contribution in [3.05, 3.63) is 0 Å². The van der Waals surface area contributed by atoms with E-state index in [4.69, 9.17) is 0 Å². The van der Waals surface area contributed by atoms with E-state index >= 15 is 0 Å². The van der Waals surface area contributed by atoms with Gasteiger partial charge in [-0.2, -0.15) is 0 Å². The quantitative estimate of drug-likeness (QED) is 0.532. The Morgan fingerprint density at radius 1 is 1.00 bits per heavy atom. The lowest BCUT2D eigenvalue weighted by Gasteiger charge is -2.35. The largest absolute Gasteiger partial charge is 0.297 e. The van der Waals surface area contributed by atoms with Crippen molar-refractivity contribution in [3.8, 4) is 0 Å². The van der Waals surface area contributed by atoms with Crippen molar-refractivity contribution in [2.75, 3.05) is 6.54 Å². The summed E-state index contributed by atoms with van der Waals surface area (Å²) in [4.78, 5) is 2.80. The molecule has 1 nitrogen and oxygen atoms in total. The predicted octanol–water partition coefficient (Wildman–Crippen LogP) is 2.27. The van der Waals surface area contributed by atoms with Crippen LogP contribution in [0.3, 0.4) is 0 Å². The van der Waals surface area contributed by atoms with Crippen LogP contribution < -0.4 is 0 Å². The number of fused-ring (bicyclic) bond motifs is 5. The molecular formula is C11H19N. The molecule has 3 aliphatic rings. The van der Waals surface area contributed by atoms with Gasteiger partial charge >= 0.3 is 0 Å². The maximum absolute atomic E-state index is 2.80. The number of piperidine rings is 1. The van der Waals surface area contributed by atoms with Crippen LogP contribution in [0.5, 0.6) is 0 Å². The first-order chi connectivity index (χ1) is 5.88. The van der Waals surface area contributed by atoms with Crippen LogP contribution in [0.25, 0.3) is 0 Å². The van der Waals surface area contributed by atoms with Gasteiger partial charge in [0.2, 0.25) is 0 Å². The van der Waals surface area contributed by atoms with Gasteiger partial charge in [-0.15, -0.1) is 0 Å². The average molecular weight is 165 g/mol. The van der Waals surface area contributed by atoms with Gasteiger partial charge in [0.05, 0.1) is 0 Å². The first-order valence-electron chi connectivity index (χ1n) is 5.63. The number of hydrogen-bond donors (Lipinski definition) is 0. The normalized spacial score (nSPS) is 57.2. The monoisotopic (exact) mass is 165 g/mol. The second-order valence-electron chi connectivity index (χ2n) is 4.95. The Morgan fingerprint density at radius 3 is 2.67 bits per heavy atom. The van der Waals surface area contributed by atoms with Gasteiger partial charge in [0, 0.05) is 12.1 Å². The van der Waals surface area contributed by atoms with Gasteiger partial charge in [-0.1, -0.05) is 12.8 Å².